The Morgan fingerprint density at radius 1 is 0.960 bits per heavy atom. The molecular formula is C22H34O2Si. The van der Waals surface area contributed by atoms with E-state index in [0.717, 1.165) is 16.3 Å². The number of Topliss-reactive ketones (excluding diaryl/α,β-unsaturated/α-hetero) is 1. The Balaban J connectivity index is 2.92. The number of hydrogen-bond donors (Lipinski definition) is 0. The third kappa shape index (κ3) is 3.06. The molecule has 0 aliphatic heterocycles. The van der Waals surface area contributed by atoms with Crippen LogP contribution in [-0.2, 0) is 9.53 Å². The number of carbonyl (C=O) groups excluding carboxylic acids is 1. The van der Waals surface area contributed by atoms with Crippen LogP contribution in [0.25, 0.3) is 5.57 Å². The van der Waals surface area contributed by atoms with Crippen LogP contribution in [0.5, 0.6) is 0 Å². The molecule has 0 heterocycles. The second-order valence-electron chi connectivity index (χ2n) is 8.55. The molecule has 3 heteroatoms. The van der Waals surface area contributed by atoms with Gasteiger partial charge in [0.15, 0.2) is 5.78 Å². The molecule has 0 amide bonds. The Kier molecular flexibility index (Phi) is 5.80. The van der Waals surface area contributed by atoms with Gasteiger partial charge in [-0.15, -0.1) is 0 Å². The summed E-state index contributed by atoms with van der Waals surface area (Å²) in [5, 5.41) is 1.14. The van der Waals surface area contributed by atoms with Crippen molar-refractivity contribution in [3.8, 4) is 0 Å². The lowest BCUT2D eigenvalue weighted by atomic mass is 9.92. The molecule has 1 aromatic carbocycles. The molecule has 1 aromatic rings. The number of benzene rings is 1. The Morgan fingerprint density at radius 3 is 1.84 bits per heavy atom. The maximum absolute atomic E-state index is 13.4. The van der Waals surface area contributed by atoms with E-state index in [0.29, 0.717) is 28.8 Å². The van der Waals surface area contributed by atoms with Crippen LogP contribution in [0.2, 0.25) is 16.6 Å². The normalized spacial score (nSPS) is 22.0. The Bertz CT molecular complexity index is 636. The van der Waals surface area contributed by atoms with Gasteiger partial charge in [-0.2, -0.15) is 0 Å². The highest BCUT2D eigenvalue weighted by Crippen LogP contribution is 2.54. The molecule has 1 aliphatic rings. The first-order chi connectivity index (χ1) is 11.6. The molecule has 25 heavy (non-hydrogen) atoms. The fourth-order valence-electron chi connectivity index (χ4n) is 5.44. The molecule has 0 radical (unpaired) electrons. The number of carbonyl (C=O) groups is 1. The van der Waals surface area contributed by atoms with E-state index in [4.69, 9.17) is 4.74 Å². The monoisotopic (exact) mass is 358 g/mol. The van der Waals surface area contributed by atoms with Gasteiger partial charge in [0.1, 0.15) is 0 Å². The van der Waals surface area contributed by atoms with Crippen molar-refractivity contribution >= 4 is 19.4 Å². The van der Waals surface area contributed by atoms with Crippen LogP contribution in [0.15, 0.2) is 35.5 Å². The van der Waals surface area contributed by atoms with Crippen molar-refractivity contribution < 1.29 is 9.53 Å². The van der Waals surface area contributed by atoms with Gasteiger partial charge in [0, 0.05) is 13.5 Å². The minimum atomic E-state index is -2.06. The molecular weight excluding hydrogens is 324 g/mol. The summed E-state index contributed by atoms with van der Waals surface area (Å²) in [6.07, 6.45) is 0.462. The van der Waals surface area contributed by atoms with E-state index in [1.165, 1.54) is 0 Å². The average Bonchev–Trinajstić information content (AvgIpc) is 2.80. The predicted octanol–water partition coefficient (Wildman–Crippen LogP) is 6.04. The van der Waals surface area contributed by atoms with Crippen molar-refractivity contribution in [1.82, 2.24) is 0 Å². The minimum Gasteiger partial charge on any atom is -0.373 e. The van der Waals surface area contributed by atoms with Gasteiger partial charge in [0.25, 0.3) is 0 Å². The van der Waals surface area contributed by atoms with Crippen LogP contribution < -0.4 is 0 Å². The zero-order valence-corrected chi connectivity index (χ0v) is 18.1. The summed E-state index contributed by atoms with van der Waals surface area (Å²) >= 11 is 0. The van der Waals surface area contributed by atoms with E-state index in [1.807, 2.05) is 6.07 Å². The quantitative estimate of drug-likeness (QED) is 0.580. The lowest BCUT2D eigenvalue weighted by Gasteiger charge is -2.44. The zero-order valence-electron chi connectivity index (χ0n) is 17.1. The molecule has 2 nitrogen and oxygen atoms in total. The first-order valence-corrected chi connectivity index (χ1v) is 11.7. The molecule has 0 saturated heterocycles. The lowest BCUT2D eigenvalue weighted by Crippen LogP contribution is -2.48. The van der Waals surface area contributed by atoms with Gasteiger partial charge in [-0.05, 0) is 39.9 Å². The predicted molar refractivity (Wildman–Crippen MR) is 109 cm³/mol. The van der Waals surface area contributed by atoms with E-state index in [1.54, 1.807) is 7.11 Å². The van der Waals surface area contributed by atoms with E-state index in [9.17, 15) is 4.79 Å². The minimum absolute atomic E-state index is 0.311. The molecule has 0 saturated carbocycles. The highest BCUT2D eigenvalue weighted by atomic mass is 28.3. The smallest absolute Gasteiger partial charge is 0.158 e. The zero-order chi connectivity index (χ0) is 19.0. The van der Waals surface area contributed by atoms with E-state index in [-0.39, 0.29) is 0 Å². The second kappa shape index (κ2) is 7.20. The number of rotatable bonds is 6. The van der Waals surface area contributed by atoms with Crippen LogP contribution in [0, 0.1) is 0 Å². The van der Waals surface area contributed by atoms with E-state index < -0.39 is 13.7 Å². The molecule has 0 aromatic heterocycles. The fourth-order valence-corrected chi connectivity index (χ4v) is 12.6. The van der Waals surface area contributed by atoms with Crippen molar-refractivity contribution in [2.24, 2.45) is 0 Å². The summed E-state index contributed by atoms with van der Waals surface area (Å²) in [4.78, 5) is 13.4. The van der Waals surface area contributed by atoms with Crippen molar-refractivity contribution in [3.05, 3.63) is 41.1 Å². The van der Waals surface area contributed by atoms with Crippen molar-refractivity contribution in [2.75, 3.05) is 7.11 Å². The number of ether oxygens (including phenoxy) is 1. The number of ketones is 1. The molecule has 0 N–H and O–H groups in total. The van der Waals surface area contributed by atoms with Crippen molar-refractivity contribution in [2.45, 2.75) is 77.1 Å². The molecule has 1 aliphatic carbocycles. The van der Waals surface area contributed by atoms with E-state index in [2.05, 4.69) is 72.7 Å². The Morgan fingerprint density at radius 2 is 1.44 bits per heavy atom. The summed E-state index contributed by atoms with van der Waals surface area (Å²) in [5.41, 5.74) is 3.29. The largest absolute Gasteiger partial charge is 0.373 e. The number of allylic oxidation sites excluding steroid dienone is 1. The van der Waals surface area contributed by atoms with Crippen LogP contribution in [-0.4, -0.2) is 26.6 Å². The first kappa shape index (κ1) is 20.1. The highest BCUT2D eigenvalue weighted by molar-refractivity contribution is 6.94. The standard InChI is InChI=1S/C22H34O2Si/c1-15(2)25(16(3)4,17(5)6)21-19(23)14-22(7,24-8)20(21)18-12-10-9-11-13-18/h9-13,15-17H,14H2,1-8H3/t22-/m0/s1. The van der Waals surface area contributed by atoms with Crippen LogP contribution >= 0.6 is 0 Å². The number of hydrogen-bond acceptors (Lipinski definition) is 2. The topological polar surface area (TPSA) is 26.3 Å². The molecule has 138 valence electrons. The highest BCUT2D eigenvalue weighted by Gasteiger charge is 2.55. The SMILES string of the molecule is CO[C@@]1(C)CC(=O)C([Si](C(C)C)(C(C)C)C(C)C)=C1c1ccccc1. The summed E-state index contributed by atoms with van der Waals surface area (Å²) in [5.74, 6) is 0.311. The van der Waals surface area contributed by atoms with Gasteiger partial charge in [0.2, 0.25) is 0 Å². The van der Waals surface area contributed by atoms with Crippen LogP contribution in [0.3, 0.4) is 0 Å². The third-order valence-corrected chi connectivity index (χ3v) is 13.5. The Hall–Kier alpha value is -1.19. The van der Waals surface area contributed by atoms with Gasteiger partial charge < -0.3 is 4.74 Å². The summed E-state index contributed by atoms with van der Waals surface area (Å²) in [6, 6.07) is 10.4. The molecule has 0 fully saturated rings. The second-order valence-corrected chi connectivity index (χ2v) is 14.4. The maximum Gasteiger partial charge on any atom is 0.158 e. The molecule has 0 bridgehead atoms. The average molecular weight is 359 g/mol. The molecule has 0 spiro atoms. The number of methoxy groups -OCH3 is 1. The fraction of sp³-hybridized carbons (Fsp3) is 0.591. The van der Waals surface area contributed by atoms with E-state index >= 15 is 0 Å². The van der Waals surface area contributed by atoms with Crippen molar-refractivity contribution in [1.29, 1.82) is 0 Å². The lowest BCUT2D eigenvalue weighted by molar-refractivity contribution is -0.117. The van der Waals surface area contributed by atoms with Crippen LogP contribution in [0.1, 0.15) is 60.5 Å². The Labute approximate surface area is 154 Å². The summed E-state index contributed by atoms with van der Waals surface area (Å²) in [7, 11) is -0.320. The molecule has 2 rings (SSSR count). The third-order valence-electron chi connectivity index (χ3n) is 6.37. The van der Waals surface area contributed by atoms with Gasteiger partial charge in [0.05, 0.1) is 13.7 Å². The van der Waals surface area contributed by atoms with Crippen molar-refractivity contribution in [3.63, 3.8) is 0 Å². The van der Waals surface area contributed by atoms with Gasteiger partial charge in [-0.1, -0.05) is 71.9 Å². The van der Waals surface area contributed by atoms with Gasteiger partial charge in [-0.3, -0.25) is 4.79 Å². The van der Waals surface area contributed by atoms with Gasteiger partial charge in [-0.25, -0.2) is 0 Å². The summed E-state index contributed by atoms with van der Waals surface area (Å²) < 4.78 is 5.94. The maximum atomic E-state index is 13.4. The van der Waals surface area contributed by atoms with Gasteiger partial charge >= 0.3 is 0 Å². The summed E-state index contributed by atoms with van der Waals surface area (Å²) in [6.45, 7) is 16.0. The molecule has 1 atom stereocenters. The molecule has 0 unspecified atom stereocenters. The first-order valence-electron chi connectivity index (χ1n) is 9.51. The van der Waals surface area contributed by atoms with Crippen LogP contribution in [0.4, 0.5) is 0 Å².